The zero-order chi connectivity index (χ0) is 21.5. The maximum Gasteiger partial charge on any atom is 0.270 e. The highest BCUT2D eigenvalue weighted by molar-refractivity contribution is 6.30. The van der Waals surface area contributed by atoms with Crippen molar-refractivity contribution < 1.29 is 19.4 Å². The Bertz CT molecular complexity index is 1060. The number of hydrogen-bond acceptors (Lipinski definition) is 6. The first kappa shape index (κ1) is 21.1. The third-order valence-corrected chi connectivity index (χ3v) is 4.37. The van der Waals surface area contributed by atoms with Crippen molar-refractivity contribution in [3.8, 4) is 11.5 Å². The second-order valence-corrected chi connectivity index (χ2v) is 6.74. The molecule has 0 aliphatic carbocycles. The van der Waals surface area contributed by atoms with Crippen LogP contribution in [0.15, 0.2) is 54.9 Å². The lowest BCUT2D eigenvalue weighted by molar-refractivity contribution is -0.115. The van der Waals surface area contributed by atoms with Crippen LogP contribution in [-0.2, 0) is 17.8 Å². The lowest BCUT2D eigenvalue weighted by atomic mass is 10.1. The topological polar surface area (TPSA) is 113 Å². The van der Waals surface area contributed by atoms with Gasteiger partial charge in [-0.3, -0.25) is 19.6 Å². The second-order valence-electron chi connectivity index (χ2n) is 6.30. The van der Waals surface area contributed by atoms with E-state index in [0.717, 1.165) is 0 Å². The van der Waals surface area contributed by atoms with Crippen molar-refractivity contribution in [3.63, 3.8) is 0 Å². The van der Waals surface area contributed by atoms with Crippen LogP contribution in [0.4, 0.5) is 5.69 Å². The van der Waals surface area contributed by atoms with E-state index >= 15 is 0 Å². The van der Waals surface area contributed by atoms with Gasteiger partial charge in [0.15, 0.2) is 0 Å². The molecule has 0 atom stereocenters. The molecule has 0 aliphatic rings. The highest BCUT2D eigenvalue weighted by Gasteiger charge is 2.12. The summed E-state index contributed by atoms with van der Waals surface area (Å²) in [5.74, 6) is -0.165. The fourth-order valence-electron chi connectivity index (χ4n) is 2.60. The number of amides is 2. The van der Waals surface area contributed by atoms with Crippen LogP contribution in [0, 0.1) is 0 Å². The van der Waals surface area contributed by atoms with Crippen LogP contribution in [0.5, 0.6) is 11.5 Å². The van der Waals surface area contributed by atoms with E-state index in [-0.39, 0.29) is 30.3 Å². The van der Waals surface area contributed by atoms with E-state index in [1.54, 1.807) is 31.5 Å². The van der Waals surface area contributed by atoms with E-state index in [9.17, 15) is 14.7 Å². The number of carbonyl (C=O) groups is 2. The minimum absolute atomic E-state index is 0.0171. The number of benzene rings is 1. The van der Waals surface area contributed by atoms with E-state index in [4.69, 9.17) is 16.3 Å². The Morgan fingerprint density at radius 1 is 1.13 bits per heavy atom. The van der Waals surface area contributed by atoms with Gasteiger partial charge in [-0.15, -0.1) is 0 Å². The number of methoxy groups -OCH3 is 1. The van der Waals surface area contributed by atoms with Gasteiger partial charge in [-0.25, -0.2) is 0 Å². The van der Waals surface area contributed by atoms with Crippen LogP contribution in [-0.4, -0.2) is 34.0 Å². The molecule has 2 heterocycles. The smallest absolute Gasteiger partial charge is 0.270 e. The van der Waals surface area contributed by atoms with Gasteiger partial charge in [-0.05, 0) is 42.5 Å². The summed E-state index contributed by atoms with van der Waals surface area (Å²) < 4.78 is 5.04. The van der Waals surface area contributed by atoms with E-state index < -0.39 is 5.91 Å². The van der Waals surface area contributed by atoms with Crippen LogP contribution in [0.1, 0.15) is 21.7 Å². The SMILES string of the molecule is COc1ccc(CNC(=O)c2cc(NC(=O)Cc3cc(Cl)ccc3O)ccn2)nc1. The summed E-state index contributed by atoms with van der Waals surface area (Å²) in [5.41, 5.74) is 1.62. The molecule has 0 saturated heterocycles. The van der Waals surface area contributed by atoms with Gasteiger partial charge in [0.1, 0.15) is 17.2 Å². The van der Waals surface area contributed by atoms with Crippen molar-refractivity contribution >= 4 is 29.1 Å². The summed E-state index contributed by atoms with van der Waals surface area (Å²) in [6, 6.07) is 11.0. The molecule has 30 heavy (non-hydrogen) atoms. The molecule has 0 aliphatic heterocycles. The molecule has 3 rings (SSSR count). The Morgan fingerprint density at radius 2 is 1.97 bits per heavy atom. The summed E-state index contributed by atoms with van der Waals surface area (Å²) in [4.78, 5) is 32.9. The quantitative estimate of drug-likeness (QED) is 0.535. The molecule has 0 saturated carbocycles. The summed E-state index contributed by atoms with van der Waals surface area (Å²) in [5, 5.41) is 15.7. The van der Waals surface area contributed by atoms with Gasteiger partial charge in [-0.1, -0.05) is 11.6 Å². The number of aromatic nitrogens is 2. The third-order valence-electron chi connectivity index (χ3n) is 4.13. The lowest BCUT2D eigenvalue weighted by Crippen LogP contribution is -2.24. The molecule has 0 bridgehead atoms. The fourth-order valence-corrected chi connectivity index (χ4v) is 2.80. The standard InChI is InChI=1S/C21H19ClN4O4/c1-30-17-4-3-16(24-12-17)11-25-21(29)18-10-15(6-7-23-18)26-20(28)9-13-8-14(22)2-5-19(13)27/h2-8,10,12,27H,9,11H2,1H3,(H,25,29)(H,23,26,28). The lowest BCUT2D eigenvalue weighted by Gasteiger charge is -2.09. The molecule has 0 fully saturated rings. The Morgan fingerprint density at radius 3 is 2.70 bits per heavy atom. The molecule has 8 nitrogen and oxygen atoms in total. The number of pyridine rings is 2. The number of carbonyl (C=O) groups excluding carboxylic acids is 2. The van der Waals surface area contributed by atoms with Crippen LogP contribution < -0.4 is 15.4 Å². The largest absolute Gasteiger partial charge is 0.508 e. The number of aromatic hydroxyl groups is 1. The Labute approximate surface area is 177 Å². The molecule has 0 unspecified atom stereocenters. The van der Waals surface area contributed by atoms with Crippen molar-refractivity contribution in [1.29, 1.82) is 0 Å². The number of halogens is 1. The highest BCUT2D eigenvalue weighted by atomic mass is 35.5. The maximum atomic E-state index is 12.4. The van der Waals surface area contributed by atoms with Gasteiger partial charge in [0.05, 0.1) is 32.0 Å². The van der Waals surface area contributed by atoms with E-state index in [1.165, 1.54) is 30.5 Å². The molecule has 2 aromatic heterocycles. The number of anilines is 1. The molecule has 154 valence electrons. The van der Waals surface area contributed by atoms with Crippen molar-refractivity contribution in [3.05, 3.63) is 76.8 Å². The van der Waals surface area contributed by atoms with Crippen molar-refractivity contribution in [2.45, 2.75) is 13.0 Å². The van der Waals surface area contributed by atoms with Crippen molar-refractivity contribution in [2.24, 2.45) is 0 Å². The van der Waals surface area contributed by atoms with Crippen molar-refractivity contribution in [1.82, 2.24) is 15.3 Å². The number of rotatable bonds is 7. The van der Waals surface area contributed by atoms with Crippen LogP contribution in [0.25, 0.3) is 0 Å². The molecular formula is C21H19ClN4O4. The number of phenolic OH excluding ortho intramolecular Hbond substituents is 1. The first-order chi connectivity index (χ1) is 14.4. The Balaban J connectivity index is 1.59. The average Bonchev–Trinajstić information content (AvgIpc) is 2.75. The molecule has 0 spiro atoms. The van der Waals surface area contributed by atoms with Crippen molar-refractivity contribution in [2.75, 3.05) is 12.4 Å². The minimum Gasteiger partial charge on any atom is -0.508 e. The van der Waals surface area contributed by atoms with E-state index in [2.05, 4.69) is 20.6 Å². The summed E-state index contributed by atoms with van der Waals surface area (Å²) in [6.45, 7) is 0.217. The zero-order valence-electron chi connectivity index (χ0n) is 16.1. The summed E-state index contributed by atoms with van der Waals surface area (Å²) >= 11 is 5.90. The minimum atomic E-state index is -0.406. The molecule has 3 N–H and O–H groups in total. The fraction of sp³-hybridized carbons (Fsp3) is 0.143. The van der Waals surface area contributed by atoms with E-state index in [0.29, 0.717) is 27.7 Å². The average molecular weight is 427 g/mol. The first-order valence-electron chi connectivity index (χ1n) is 8.95. The Hall–Kier alpha value is -3.65. The van der Waals surface area contributed by atoms with Crippen LogP contribution >= 0.6 is 11.6 Å². The second kappa shape index (κ2) is 9.71. The van der Waals surface area contributed by atoms with Gasteiger partial charge < -0.3 is 20.5 Å². The number of ether oxygens (including phenoxy) is 1. The molecule has 9 heteroatoms. The van der Waals surface area contributed by atoms with Gasteiger partial charge in [-0.2, -0.15) is 0 Å². The monoisotopic (exact) mass is 426 g/mol. The molecule has 0 radical (unpaired) electrons. The highest BCUT2D eigenvalue weighted by Crippen LogP contribution is 2.22. The first-order valence-corrected chi connectivity index (χ1v) is 9.33. The summed E-state index contributed by atoms with van der Waals surface area (Å²) in [7, 11) is 1.55. The maximum absolute atomic E-state index is 12.4. The van der Waals surface area contributed by atoms with Gasteiger partial charge in [0, 0.05) is 22.5 Å². The van der Waals surface area contributed by atoms with Crippen LogP contribution in [0.2, 0.25) is 5.02 Å². The zero-order valence-corrected chi connectivity index (χ0v) is 16.8. The molecule has 3 aromatic rings. The van der Waals surface area contributed by atoms with Crippen LogP contribution in [0.3, 0.4) is 0 Å². The van der Waals surface area contributed by atoms with E-state index in [1.807, 2.05) is 0 Å². The normalized spacial score (nSPS) is 10.3. The molecular weight excluding hydrogens is 408 g/mol. The predicted molar refractivity (Wildman–Crippen MR) is 112 cm³/mol. The molecule has 2 amide bonds. The number of nitrogens with one attached hydrogen (secondary N) is 2. The van der Waals surface area contributed by atoms with Gasteiger partial charge in [0.25, 0.3) is 5.91 Å². The van der Waals surface area contributed by atoms with Gasteiger partial charge in [0.2, 0.25) is 5.91 Å². The third kappa shape index (κ3) is 5.68. The number of hydrogen-bond donors (Lipinski definition) is 3. The summed E-state index contributed by atoms with van der Waals surface area (Å²) in [6.07, 6.45) is 2.92. The van der Waals surface area contributed by atoms with Gasteiger partial charge >= 0.3 is 0 Å². The number of phenols is 1. The molecule has 1 aromatic carbocycles. The Kier molecular flexibility index (Phi) is 6.82. The predicted octanol–water partition coefficient (Wildman–Crippen LogP) is 2.96. The number of nitrogens with zero attached hydrogens (tertiary/aromatic N) is 2.